The SMILES string of the molecule is CN=C(NCCCCCC(=O)OC)NCc1ccc(C)cc1OC. The molecule has 0 bridgehead atoms. The van der Waals surface area contributed by atoms with Gasteiger partial charge < -0.3 is 20.1 Å². The fourth-order valence-corrected chi connectivity index (χ4v) is 2.28. The Morgan fingerprint density at radius 1 is 1.17 bits per heavy atom. The van der Waals surface area contributed by atoms with E-state index in [1.807, 2.05) is 13.0 Å². The number of carbonyl (C=O) groups excluding carboxylic acids is 1. The maximum Gasteiger partial charge on any atom is 0.305 e. The Morgan fingerprint density at radius 2 is 1.96 bits per heavy atom. The number of unbranched alkanes of at least 4 members (excludes halogenated alkanes) is 2. The normalized spacial score (nSPS) is 11.1. The van der Waals surface area contributed by atoms with E-state index in [1.54, 1.807) is 14.2 Å². The molecule has 6 nitrogen and oxygen atoms in total. The summed E-state index contributed by atoms with van der Waals surface area (Å²) >= 11 is 0. The van der Waals surface area contributed by atoms with Crippen LogP contribution in [0.1, 0.15) is 36.8 Å². The Labute approximate surface area is 144 Å². The molecule has 0 fully saturated rings. The number of guanidine groups is 1. The van der Waals surface area contributed by atoms with E-state index in [0.717, 1.165) is 43.1 Å². The summed E-state index contributed by atoms with van der Waals surface area (Å²) in [7, 11) is 4.85. The van der Waals surface area contributed by atoms with Crippen LogP contribution in [0.15, 0.2) is 23.2 Å². The van der Waals surface area contributed by atoms with Gasteiger partial charge in [-0.25, -0.2) is 0 Å². The van der Waals surface area contributed by atoms with Crippen molar-refractivity contribution in [1.82, 2.24) is 10.6 Å². The summed E-state index contributed by atoms with van der Waals surface area (Å²) in [5, 5.41) is 6.56. The lowest BCUT2D eigenvalue weighted by atomic mass is 10.1. The number of hydrogen-bond donors (Lipinski definition) is 2. The fraction of sp³-hybridized carbons (Fsp3) is 0.556. The molecule has 0 unspecified atom stereocenters. The van der Waals surface area contributed by atoms with Gasteiger partial charge in [0.15, 0.2) is 5.96 Å². The fourth-order valence-electron chi connectivity index (χ4n) is 2.28. The molecule has 6 heteroatoms. The molecule has 0 spiro atoms. The first-order chi connectivity index (χ1) is 11.6. The van der Waals surface area contributed by atoms with Gasteiger partial charge in [0, 0.05) is 32.1 Å². The van der Waals surface area contributed by atoms with E-state index in [4.69, 9.17) is 4.74 Å². The number of ether oxygens (including phenoxy) is 2. The quantitative estimate of drug-likeness (QED) is 0.314. The first-order valence-electron chi connectivity index (χ1n) is 8.25. The molecule has 0 amide bonds. The molecule has 0 radical (unpaired) electrons. The van der Waals surface area contributed by atoms with Crippen molar-refractivity contribution in [3.05, 3.63) is 29.3 Å². The minimum atomic E-state index is -0.146. The second-order valence-electron chi connectivity index (χ2n) is 5.55. The van der Waals surface area contributed by atoms with Crippen molar-refractivity contribution in [1.29, 1.82) is 0 Å². The summed E-state index contributed by atoms with van der Waals surface area (Å²) in [6, 6.07) is 6.15. The van der Waals surface area contributed by atoms with E-state index >= 15 is 0 Å². The van der Waals surface area contributed by atoms with Crippen LogP contribution in [0.5, 0.6) is 5.75 Å². The van der Waals surface area contributed by atoms with Crippen LogP contribution in [0.4, 0.5) is 0 Å². The zero-order valence-corrected chi connectivity index (χ0v) is 15.1. The van der Waals surface area contributed by atoms with Crippen molar-refractivity contribution < 1.29 is 14.3 Å². The molecular formula is C18H29N3O3. The van der Waals surface area contributed by atoms with Gasteiger partial charge in [0.2, 0.25) is 0 Å². The Balaban J connectivity index is 2.29. The van der Waals surface area contributed by atoms with Gasteiger partial charge in [-0.1, -0.05) is 18.6 Å². The summed E-state index contributed by atoms with van der Waals surface area (Å²) in [4.78, 5) is 15.2. The smallest absolute Gasteiger partial charge is 0.305 e. The van der Waals surface area contributed by atoms with Crippen LogP contribution in [0.25, 0.3) is 0 Å². The lowest BCUT2D eigenvalue weighted by molar-refractivity contribution is -0.140. The lowest BCUT2D eigenvalue weighted by Gasteiger charge is -2.14. The lowest BCUT2D eigenvalue weighted by Crippen LogP contribution is -2.37. The molecule has 0 aliphatic carbocycles. The summed E-state index contributed by atoms with van der Waals surface area (Å²) < 4.78 is 10.0. The van der Waals surface area contributed by atoms with E-state index < -0.39 is 0 Å². The highest BCUT2D eigenvalue weighted by Crippen LogP contribution is 2.19. The highest BCUT2D eigenvalue weighted by molar-refractivity contribution is 5.79. The molecule has 0 aromatic heterocycles. The third-order valence-electron chi connectivity index (χ3n) is 3.69. The molecule has 24 heavy (non-hydrogen) atoms. The maximum absolute atomic E-state index is 11.0. The maximum atomic E-state index is 11.0. The van der Waals surface area contributed by atoms with Crippen LogP contribution in [0.3, 0.4) is 0 Å². The van der Waals surface area contributed by atoms with Crippen molar-refractivity contribution in [2.24, 2.45) is 4.99 Å². The molecule has 0 saturated heterocycles. The first-order valence-corrected chi connectivity index (χ1v) is 8.25. The number of nitrogens with one attached hydrogen (secondary N) is 2. The summed E-state index contributed by atoms with van der Waals surface area (Å²) in [6.45, 7) is 3.50. The van der Waals surface area contributed by atoms with E-state index in [-0.39, 0.29) is 5.97 Å². The molecule has 0 aliphatic rings. The van der Waals surface area contributed by atoms with Gasteiger partial charge in [0.25, 0.3) is 0 Å². The van der Waals surface area contributed by atoms with E-state index in [0.29, 0.717) is 13.0 Å². The molecule has 0 aliphatic heterocycles. The van der Waals surface area contributed by atoms with Crippen LogP contribution < -0.4 is 15.4 Å². The number of esters is 1. The van der Waals surface area contributed by atoms with Crippen LogP contribution in [-0.2, 0) is 16.1 Å². The largest absolute Gasteiger partial charge is 0.496 e. The van der Waals surface area contributed by atoms with Crippen molar-refractivity contribution in [3.8, 4) is 5.75 Å². The number of aliphatic imine (C=N–C) groups is 1. The standard InChI is InChI=1S/C18H29N3O3/c1-14-9-10-15(16(12-14)23-3)13-21-18(19-2)20-11-7-5-6-8-17(22)24-4/h9-10,12H,5-8,11,13H2,1-4H3,(H2,19,20,21). The number of rotatable bonds is 9. The molecule has 0 saturated carbocycles. The van der Waals surface area contributed by atoms with Gasteiger partial charge in [-0.3, -0.25) is 9.79 Å². The monoisotopic (exact) mass is 335 g/mol. The number of nitrogens with zero attached hydrogens (tertiary/aromatic N) is 1. The summed E-state index contributed by atoms with van der Waals surface area (Å²) in [5.74, 6) is 1.49. The minimum absolute atomic E-state index is 0.146. The first kappa shape index (κ1) is 19.8. The van der Waals surface area contributed by atoms with E-state index in [2.05, 4.69) is 32.5 Å². The van der Waals surface area contributed by atoms with Crippen LogP contribution in [-0.4, -0.2) is 39.7 Å². The minimum Gasteiger partial charge on any atom is -0.496 e. The van der Waals surface area contributed by atoms with E-state index in [1.165, 1.54) is 12.7 Å². The second kappa shape index (κ2) is 11.3. The molecule has 0 heterocycles. The van der Waals surface area contributed by atoms with Gasteiger partial charge in [0.1, 0.15) is 5.75 Å². The van der Waals surface area contributed by atoms with Crippen molar-refractivity contribution in [3.63, 3.8) is 0 Å². The number of methoxy groups -OCH3 is 2. The van der Waals surface area contributed by atoms with Crippen LogP contribution in [0, 0.1) is 6.92 Å². The second-order valence-corrected chi connectivity index (χ2v) is 5.55. The zero-order valence-electron chi connectivity index (χ0n) is 15.1. The average molecular weight is 335 g/mol. The third-order valence-corrected chi connectivity index (χ3v) is 3.69. The van der Waals surface area contributed by atoms with Gasteiger partial charge in [-0.15, -0.1) is 0 Å². The molecule has 1 aromatic rings. The Kier molecular flexibility index (Phi) is 9.34. The van der Waals surface area contributed by atoms with Gasteiger partial charge >= 0.3 is 5.97 Å². The van der Waals surface area contributed by atoms with Crippen molar-refractivity contribution in [2.75, 3.05) is 27.8 Å². The van der Waals surface area contributed by atoms with Gasteiger partial charge in [0.05, 0.1) is 14.2 Å². The molecule has 1 aromatic carbocycles. The molecule has 1 rings (SSSR count). The van der Waals surface area contributed by atoms with Crippen LogP contribution in [0.2, 0.25) is 0 Å². The Hall–Kier alpha value is -2.24. The number of carbonyl (C=O) groups is 1. The third kappa shape index (κ3) is 7.35. The van der Waals surface area contributed by atoms with Crippen LogP contribution >= 0.6 is 0 Å². The molecule has 2 N–H and O–H groups in total. The predicted molar refractivity (Wildman–Crippen MR) is 96.4 cm³/mol. The molecular weight excluding hydrogens is 306 g/mol. The predicted octanol–water partition coefficient (Wildman–Crippen LogP) is 2.40. The topological polar surface area (TPSA) is 72.0 Å². The number of benzene rings is 1. The zero-order chi connectivity index (χ0) is 17.8. The number of aryl methyl sites for hydroxylation is 1. The average Bonchev–Trinajstić information content (AvgIpc) is 2.60. The summed E-state index contributed by atoms with van der Waals surface area (Å²) in [6.07, 6.45) is 3.29. The van der Waals surface area contributed by atoms with Crippen molar-refractivity contribution in [2.45, 2.75) is 39.2 Å². The Morgan fingerprint density at radius 3 is 2.62 bits per heavy atom. The molecule has 0 atom stereocenters. The van der Waals surface area contributed by atoms with Gasteiger partial charge in [-0.2, -0.15) is 0 Å². The highest BCUT2D eigenvalue weighted by Gasteiger charge is 2.05. The number of hydrogen-bond acceptors (Lipinski definition) is 4. The Bertz CT molecular complexity index is 544. The van der Waals surface area contributed by atoms with E-state index in [9.17, 15) is 4.79 Å². The summed E-state index contributed by atoms with van der Waals surface area (Å²) in [5.41, 5.74) is 2.26. The van der Waals surface area contributed by atoms with Crippen molar-refractivity contribution >= 4 is 11.9 Å². The van der Waals surface area contributed by atoms with Gasteiger partial charge in [-0.05, 0) is 31.4 Å². The highest BCUT2D eigenvalue weighted by atomic mass is 16.5. The molecule has 134 valence electrons.